The summed E-state index contributed by atoms with van der Waals surface area (Å²) in [6, 6.07) is 5.13. The number of carboxylic acid groups (broad SMARTS) is 1. The van der Waals surface area contributed by atoms with Crippen LogP contribution in [0.2, 0.25) is 10.0 Å². The molecule has 1 N–H and O–H groups in total. The molecule has 0 spiro atoms. The van der Waals surface area contributed by atoms with Gasteiger partial charge < -0.3 is 10.0 Å². The lowest BCUT2D eigenvalue weighted by molar-refractivity contribution is -0.136. The van der Waals surface area contributed by atoms with Crippen molar-refractivity contribution < 1.29 is 9.90 Å². The summed E-state index contributed by atoms with van der Waals surface area (Å²) in [4.78, 5) is 12.2. The van der Waals surface area contributed by atoms with Crippen LogP contribution in [0, 0.1) is 0 Å². The van der Waals surface area contributed by atoms with E-state index in [1.54, 1.807) is 30.1 Å². The fourth-order valence-electron chi connectivity index (χ4n) is 1.17. The fraction of sp³-hybridized carbons (Fsp3) is 0.300. The summed E-state index contributed by atoms with van der Waals surface area (Å²) >= 11 is 11.7. The predicted molar refractivity (Wildman–Crippen MR) is 62.0 cm³/mol. The second-order valence-corrected chi connectivity index (χ2v) is 4.00. The van der Waals surface area contributed by atoms with Gasteiger partial charge in [-0.2, -0.15) is 0 Å². The second-order valence-electron chi connectivity index (χ2n) is 3.16. The molecule has 3 nitrogen and oxygen atoms in total. The Morgan fingerprint density at radius 3 is 2.67 bits per heavy atom. The zero-order chi connectivity index (χ0) is 11.4. The number of carboxylic acids is 1. The van der Waals surface area contributed by atoms with Crippen molar-refractivity contribution in [1.82, 2.24) is 0 Å². The Bertz CT molecular complexity index is 368. The van der Waals surface area contributed by atoms with Crippen LogP contribution in [0.4, 0.5) is 5.69 Å². The zero-order valence-electron chi connectivity index (χ0n) is 8.20. The number of aliphatic carboxylic acids is 1. The van der Waals surface area contributed by atoms with Gasteiger partial charge in [-0.1, -0.05) is 23.2 Å². The van der Waals surface area contributed by atoms with Gasteiger partial charge in [0.05, 0.1) is 17.1 Å². The van der Waals surface area contributed by atoms with E-state index in [-0.39, 0.29) is 6.42 Å². The lowest BCUT2D eigenvalue weighted by Crippen LogP contribution is -2.21. The highest BCUT2D eigenvalue weighted by Gasteiger charge is 2.07. The van der Waals surface area contributed by atoms with Gasteiger partial charge >= 0.3 is 5.97 Å². The maximum absolute atomic E-state index is 10.4. The van der Waals surface area contributed by atoms with Gasteiger partial charge in [0.1, 0.15) is 0 Å². The van der Waals surface area contributed by atoms with E-state index >= 15 is 0 Å². The molecular formula is C10H11Cl2NO2. The first kappa shape index (κ1) is 12.1. The summed E-state index contributed by atoms with van der Waals surface area (Å²) in [6.07, 6.45) is 0.0788. The summed E-state index contributed by atoms with van der Waals surface area (Å²) < 4.78 is 0. The van der Waals surface area contributed by atoms with E-state index in [0.29, 0.717) is 16.6 Å². The topological polar surface area (TPSA) is 40.5 Å². The number of carbonyl (C=O) groups is 1. The van der Waals surface area contributed by atoms with E-state index in [2.05, 4.69) is 0 Å². The average molecular weight is 248 g/mol. The molecule has 0 saturated carbocycles. The number of rotatable bonds is 4. The minimum absolute atomic E-state index is 0.0788. The van der Waals surface area contributed by atoms with E-state index in [0.717, 1.165) is 5.69 Å². The maximum Gasteiger partial charge on any atom is 0.305 e. The van der Waals surface area contributed by atoms with Gasteiger partial charge in [-0.25, -0.2) is 0 Å². The van der Waals surface area contributed by atoms with Crippen LogP contribution in [0.3, 0.4) is 0 Å². The molecule has 0 fully saturated rings. The molecule has 0 unspecified atom stereocenters. The van der Waals surface area contributed by atoms with Crippen LogP contribution in [-0.4, -0.2) is 24.7 Å². The van der Waals surface area contributed by atoms with Crippen LogP contribution in [-0.2, 0) is 4.79 Å². The Morgan fingerprint density at radius 2 is 2.13 bits per heavy atom. The zero-order valence-corrected chi connectivity index (χ0v) is 9.72. The van der Waals surface area contributed by atoms with Gasteiger partial charge in [-0.15, -0.1) is 0 Å². The molecule has 1 rings (SSSR count). The standard InChI is InChI=1S/C10H11Cl2NO2/c1-13(5-4-10(14)15)9-3-2-7(11)6-8(9)12/h2-3,6H,4-5H2,1H3,(H,14,15). The molecule has 5 heteroatoms. The van der Waals surface area contributed by atoms with Crippen molar-refractivity contribution in [3.63, 3.8) is 0 Å². The Morgan fingerprint density at radius 1 is 1.47 bits per heavy atom. The third-order valence-electron chi connectivity index (χ3n) is 1.98. The first-order valence-corrected chi connectivity index (χ1v) is 5.14. The number of benzene rings is 1. The molecule has 1 aromatic rings. The minimum atomic E-state index is -0.827. The Labute approximate surface area is 98.2 Å². The van der Waals surface area contributed by atoms with Crippen molar-refractivity contribution in [3.8, 4) is 0 Å². The molecule has 0 bridgehead atoms. The predicted octanol–water partition coefficient (Wildman–Crippen LogP) is 2.90. The normalized spacial score (nSPS) is 10.1. The lowest BCUT2D eigenvalue weighted by atomic mass is 10.3. The third kappa shape index (κ3) is 3.61. The first-order valence-electron chi connectivity index (χ1n) is 4.38. The van der Waals surface area contributed by atoms with Crippen molar-refractivity contribution >= 4 is 34.9 Å². The minimum Gasteiger partial charge on any atom is -0.481 e. The molecule has 0 aliphatic carbocycles. The second kappa shape index (κ2) is 5.24. The Hall–Kier alpha value is -0.930. The molecule has 0 radical (unpaired) electrons. The Kier molecular flexibility index (Phi) is 4.24. The van der Waals surface area contributed by atoms with Crippen molar-refractivity contribution in [1.29, 1.82) is 0 Å². The number of hydrogen-bond acceptors (Lipinski definition) is 2. The molecule has 0 aliphatic heterocycles. The molecule has 82 valence electrons. The molecule has 15 heavy (non-hydrogen) atoms. The maximum atomic E-state index is 10.4. The number of hydrogen-bond donors (Lipinski definition) is 1. The summed E-state index contributed by atoms with van der Waals surface area (Å²) in [5.74, 6) is -0.827. The van der Waals surface area contributed by atoms with Crippen LogP contribution < -0.4 is 4.90 Å². The molecule has 0 saturated heterocycles. The summed E-state index contributed by atoms with van der Waals surface area (Å²) in [6.45, 7) is 0.413. The third-order valence-corrected chi connectivity index (χ3v) is 2.52. The lowest BCUT2D eigenvalue weighted by Gasteiger charge is -2.19. The van der Waals surface area contributed by atoms with Crippen LogP contribution in [0.15, 0.2) is 18.2 Å². The van der Waals surface area contributed by atoms with Crippen molar-refractivity contribution in [2.75, 3.05) is 18.5 Å². The van der Waals surface area contributed by atoms with Crippen molar-refractivity contribution in [3.05, 3.63) is 28.2 Å². The molecule has 0 aliphatic rings. The number of anilines is 1. The van der Waals surface area contributed by atoms with E-state index in [9.17, 15) is 4.79 Å². The van der Waals surface area contributed by atoms with Gasteiger partial charge in [0.2, 0.25) is 0 Å². The number of halogens is 2. The van der Waals surface area contributed by atoms with Crippen LogP contribution in [0.1, 0.15) is 6.42 Å². The molecule has 0 heterocycles. The quantitative estimate of drug-likeness (QED) is 0.890. The van der Waals surface area contributed by atoms with Gasteiger partial charge in [0.25, 0.3) is 0 Å². The van der Waals surface area contributed by atoms with E-state index in [4.69, 9.17) is 28.3 Å². The van der Waals surface area contributed by atoms with Gasteiger partial charge in [-0.3, -0.25) is 4.79 Å². The number of nitrogens with zero attached hydrogens (tertiary/aromatic N) is 1. The highest BCUT2D eigenvalue weighted by molar-refractivity contribution is 6.36. The van der Waals surface area contributed by atoms with E-state index < -0.39 is 5.97 Å². The van der Waals surface area contributed by atoms with Gasteiger partial charge in [-0.05, 0) is 18.2 Å². The molecular weight excluding hydrogens is 237 g/mol. The van der Waals surface area contributed by atoms with Crippen molar-refractivity contribution in [2.45, 2.75) is 6.42 Å². The van der Waals surface area contributed by atoms with Crippen LogP contribution in [0.5, 0.6) is 0 Å². The van der Waals surface area contributed by atoms with Gasteiger partial charge in [0.15, 0.2) is 0 Å². The average Bonchev–Trinajstić information content (AvgIpc) is 2.14. The molecule has 1 aromatic carbocycles. The van der Waals surface area contributed by atoms with Crippen molar-refractivity contribution in [2.24, 2.45) is 0 Å². The first-order chi connectivity index (χ1) is 7.00. The SMILES string of the molecule is CN(CCC(=O)O)c1ccc(Cl)cc1Cl. The molecule has 0 atom stereocenters. The highest BCUT2D eigenvalue weighted by atomic mass is 35.5. The van der Waals surface area contributed by atoms with Crippen LogP contribution in [0.25, 0.3) is 0 Å². The Balaban J connectivity index is 2.73. The largest absolute Gasteiger partial charge is 0.481 e. The summed E-state index contributed by atoms with van der Waals surface area (Å²) in [5.41, 5.74) is 0.780. The summed E-state index contributed by atoms with van der Waals surface area (Å²) in [5, 5.41) is 9.63. The van der Waals surface area contributed by atoms with Crippen LogP contribution >= 0.6 is 23.2 Å². The smallest absolute Gasteiger partial charge is 0.305 e. The monoisotopic (exact) mass is 247 g/mol. The van der Waals surface area contributed by atoms with Gasteiger partial charge in [0, 0.05) is 18.6 Å². The summed E-state index contributed by atoms with van der Waals surface area (Å²) in [7, 11) is 1.79. The molecule has 0 aromatic heterocycles. The fourth-order valence-corrected chi connectivity index (χ4v) is 1.73. The molecule has 0 amide bonds. The highest BCUT2D eigenvalue weighted by Crippen LogP contribution is 2.27. The van der Waals surface area contributed by atoms with E-state index in [1.165, 1.54) is 0 Å². The van der Waals surface area contributed by atoms with E-state index in [1.807, 2.05) is 0 Å².